The summed E-state index contributed by atoms with van der Waals surface area (Å²) in [7, 11) is 0. The SMILES string of the molecule is Cc1ccccc1-c1n[nH]c2c1CN(Cc1nc3c(s1)CCCC3)CC2. The summed E-state index contributed by atoms with van der Waals surface area (Å²) in [5, 5.41) is 9.24. The number of aryl methyl sites for hydroxylation is 3. The minimum absolute atomic E-state index is 0.958. The van der Waals surface area contributed by atoms with Crippen LogP contribution >= 0.6 is 11.3 Å². The van der Waals surface area contributed by atoms with Crippen LogP contribution in [0.5, 0.6) is 0 Å². The first kappa shape index (κ1) is 16.2. The molecule has 0 bridgehead atoms. The lowest BCUT2D eigenvalue weighted by Crippen LogP contribution is -2.30. The van der Waals surface area contributed by atoms with Gasteiger partial charge in [-0.2, -0.15) is 5.10 Å². The lowest BCUT2D eigenvalue weighted by Gasteiger charge is -2.26. The summed E-state index contributed by atoms with van der Waals surface area (Å²) in [5.74, 6) is 0. The summed E-state index contributed by atoms with van der Waals surface area (Å²) >= 11 is 1.94. The lowest BCUT2D eigenvalue weighted by atomic mass is 9.98. The summed E-state index contributed by atoms with van der Waals surface area (Å²) in [4.78, 5) is 9.00. The maximum atomic E-state index is 4.94. The van der Waals surface area contributed by atoms with Gasteiger partial charge in [-0.25, -0.2) is 4.98 Å². The molecular formula is C21H24N4S. The van der Waals surface area contributed by atoms with Gasteiger partial charge in [0.05, 0.1) is 17.9 Å². The Hall–Kier alpha value is -1.98. The van der Waals surface area contributed by atoms with Gasteiger partial charge in [-0.3, -0.25) is 10.00 Å². The summed E-state index contributed by atoms with van der Waals surface area (Å²) in [6, 6.07) is 8.54. The summed E-state index contributed by atoms with van der Waals surface area (Å²) in [6.45, 7) is 5.17. The van der Waals surface area contributed by atoms with E-state index in [1.165, 1.54) is 63.6 Å². The lowest BCUT2D eigenvalue weighted by molar-refractivity contribution is 0.244. The van der Waals surface area contributed by atoms with E-state index in [-0.39, 0.29) is 0 Å². The number of rotatable bonds is 3. The van der Waals surface area contributed by atoms with Crippen LogP contribution in [-0.2, 0) is 32.4 Å². The van der Waals surface area contributed by atoms with E-state index in [4.69, 9.17) is 4.98 Å². The van der Waals surface area contributed by atoms with Gasteiger partial charge in [0.15, 0.2) is 0 Å². The molecular weight excluding hydrogens is 340 g/mol. The van der Waals surface area contributed by atoms with Crippen LogP contribution in [0, 0.1) is 6.92 Å². The van der Waals surface area contributed by atoms with Crippen LogP contribution in [-0.4, -0.2) is 26.6 Å². The van der Waals surface area contributed by atoms with Crippen molar-refractivity contribution in [1.29, 1.82) is 0 Å². The second-order valence-electron chi connectivity index (χ2n) is 7.49. The van der Waals surface area contributed by atoms with E-state index < -0.39 is 0 Å². The molecule has 0 spiro atoms. The third-order valence-corrected chi connectivity index (χ3v) is 6.80. The van der Waals surface area contributed by atoms with Gasteiger partial charge in [-0.15, -0.1) is 11.3 Å². The summed E-state index contributed by atoms with van der Waals surface area (Å²) < 4.78 is 0. The molecule has 1 aromatic carbocycles. The van der Waals surface area contributed by atoms with Gasteiger partial charge < -0.3 is 0 Å². The van der Waals surface area contributed by atoms with Crippen molar-refractivity contribution in [3.8, 4) is 11.3 Å². The average molecular weight is 365 g/mol. The monoisotopic (exact) mass is 364 g/mol. The van der Waals surface area contributed by atoms with Crippen LogP contribution in [0.1, 0.15) is 45.2 Å². The highest BCUT2D eigenvalue weighted by molar-refractivity contribution is 7.11. The van der Waals surface area contributed by atoms with Crippen LogP contribution < -0.4 is 0 Å². The third-order valence-electron chi connectivity index (χ3n) is 5.66. The average Bonchev–Trinajstić information content (AvgIpc) is 3.25. The van der Waals surface area contributed by atoms with Crippen molar-refractivity contribution < 1.29 is 0 Å². The number of H-pyrrole nitrogens is 1. The molecule has 4 nitrogen and oxygen atoms in total. The predicted octanol–water partition coefficient (Wildman–Crippen LogP) is 4.28. The smallest absolute Gasteiger partial charge is 0.107 e. The molecule has 26 heavy (non-hydrogen) atoms. The van der Waals surface area contributed by atoms with Crippen molar-refractivity contribution >= 4 is 11.3 Å². The minimum atomic E-state index is 0.958. The first-order valence-corrected chi connectivity index (χ1v) is 10.4. The van der Waals surface area contributed by atoms with Crippen LogP contribution in [0.25, 0.3) is 11.3 Å². The molecule has 3 aromatic rings. The molecule has 134 valence electrons. The van der Waals surface area contributed by atoms with Crippen molar-refractivity contribution in [2.45, 2.75) is 52.1 Å². The number of hydrogen-bond acceptors (Lipinski definition) is 4. The number of fused-ring (bicyclic) bond motifs is 2. The van der Waals surface area contributed by atoms with E-state index in [1.807, 2.05) is 11.3 Å². The molecule has 0 saturated carbocycles. The Bertz CT molecular complexity index is 916. The number of hydrogen-bond donors (Lipinski definition) is 1. The maximum Gasteiger partial charge on any atom is 0.107 e. The van der Waals surface area contributed by atoms with Gasteiger partial charge in [-0.1, -0.05) is 24.3 Å². The fourth-order valence-corrected chi connectivity index (χ4v) is 5.41. The van der Waals surface area contributed by atoms with Crippen LogP contribution in [0.3, 0.4) is 0 Å². The van der Waals surface area contributed by atoms with Gasteiger partial charge in [0.1, 0.15) is 5.01 Å². The molecule has 3 heterocycles. The van der Waals surface area contributed by atoms with E-state index in [1.54, 1.807) is 0 Å². The van der Waals surface area contributed by atoms with Gasteiger partial charge in [0, 0.05) is 41.2 Å². The van der Waals surface area contributed by atoms with Crippen LogP contribution in [0.2, 0.25) is 0 Å². The zero-order valence-electron chi connectivity index (χ0n) is 15.2. The first-order valence-electron chi connectivity index (χ1n) is 9.60. The first-order chi connectivity index (χ1) is 12.8. The molecule has 0 saturated heterocycles. The Morgan fingerprint density at radius 2 is 2.04 bits per heavy atom. The van der Waals surface area contributed by atoms with Crippen LogP contribution in [0.15, 0.2) is 24.3 Å². The quantitative estimate of drug-likeness (QED) is 0.754. The molecule has 2 aliphatic rings. The maximum absolute atomic E-state index is 4.94. The molecule has 0 unspecified atom stereocenters. The number of nitrogens with one attached hydrogen (secondary N) is 1. The molecule has 0 amide bonds. The molecule has 5 heteroatoms. The Morgan fingerprint density at radius 3 is 2.92 bits per heavy atom. The zero-order valence-corrected chi connectivity index (χ0v) is 16.0. The van der Waals surface area contributed by atoms with Gasteiger partial charge >= 0.3 is 0 Å². The third kappa shape index (κ3) is 2.89. The molecule has 1 aliphatic carbocycles. The number of aromatic nitrogens is 3. The van der Waals surface area contributed by atoms with E-state index in [0.29, 0.717) is 0 Å². The van der Waals surface area contributed by atoms with E-state index >= 15 is 0 Å². The Kier molecular flexibility index (Phi) is 4.14. The molecule has 0 fully saturated rings. The van der Waals surface area contributed by atoms with Crippen molar-refractivity contribution in [1.82, 2.24) is 20.1 Å². The Balaban J connectivity index is 1.39. The molecule has 1 N–H and O–H groups in total. The molecule has 0 atom stereocenters. The minimum Gasteiger partial charge on any atom is -0.292 e. The van der Waals surface area contributed by atoms with E-state index in [0.717, 1.165) is 31.7 Å². The molecule has 0 radical (unpaired) electrons. The van der Waals surface area contributed by atoms with E-state index in [2.05, 4.69) is 46.3 Å². The Morgan fingerprint density at radius 1 is 1.15 bits per heavy atom. The van der Waals surface area contributed by atoms with Crippen molar-refractivity contribution in [3.05, 3.63) is 56.7 Å². The van der Waals surface area contributed by atoms with Crippen molar-refractivity contribution in [3.63, 3.8) is 0 Å². The fraction of sp³-hybridized carbons (Fsp3) is 0.429. The van der Waals surface area contributed by atoms with Gasteiger partial charge in [0.2, 0.25) is 0 Å². The van der Waals surface area contributed by atoms with Gasteiger partial charge in [0.25, 0.3) is 0 Å². The number of aromatic amines is 1. The standard InChI is InChI=1S/C21H24N4S/c1-14-6-2-3-7-15(14)21-16-12-25(11-10-17(16)23-24-21)13-20-22-18-8-4-5-9-19(18)26-20/h2-3,6-7H,4-5,8-13H2,1H3,(H,23,24). The number of nitrogens with zero attached hydrogens (tertiary/aromatic N) is 3. The summed E-state index contributed by atoms with van der Waals surface area (Å²) in [6.07, 6.45) is 6.08. The normalized spacial score (nSPS) is 17.1. The second kappa shape index (κ2) is 6.63. The highest BCUT2D eigenvalue weighted by atomic mass is 32.1. The van der Waals surface area contributed by atoms with E-state index in [9.17, 15) is 0 Å². The topological polar surface area (TPSA) is 44.8 Å². The number of thiazole rings is 1. The predicted molar refractivity (Wildman–Crippen MR) is 105 cm³/mol. The Labute approximate surface area is 158 Å². The van der Waals surface area contributed by atoms with Crippen LogP contribution in [0.4, 0.5) is 0 Å². The highest BCUT2D eigenvalue weighted by Gasteiger charge is 2.24. The fourth-order valence-electron chi connectivity index (χ4n) is 4.21. The molecule has 1 aliphatic heterocycles. The highest BCUT2D eigenvalue weighted by Crippen LogP contribution is 2.32. The number of benzene rings is 1. The summed E-state index contributed by atoms with van der Waals surface area (Å²) in [5.41, 5.74) is 7.70. The zero-order chi connectivity index (χ0) is 17.5. The molecule has 5 rings (SSSR count). The van der Waals surface area contributed by atoms with Crippen molar-refractivity contribution in [2.75, 3.05) is 6.54 Å². The largest absolute Gasteiger partial charge is 0.292 e. The molecule has 2 aromatic heterocycles. The second-order valence-corrected chi connectivity index (χ2v) is 8.66. The van der Waals surface area contributed by atoms with Crippen molar-refractivity contribution in [2.24, 2.45) is 0 Å². The van der Waals surface area contributed by atoms with Gasteiger partial charge in [-0.05, 0) is 38.2 Å².